The van der Waals surface area contributed by atoms with Crippen LogP contribution in [0.5, 0.6) is 0 Å². The summed E-state index contributed by atoms with van der Waals surface area (Å²) < 4.78 is 5.27. The van der Waals surface area contributed by atoms with Gasteiger partial charge in [0.1, 0.15) is 5.76 Å². The number of aliphatic hydroxyl groups excluding tert-OH is 1. The average Bonchev–Trinajstić information content (AvgIpc) is 2.76. The summed E-state index contributed by atoms with van der Waals surface area (Å²) in [6.45, 7) is 3.34. The Morgan fingerprint density at radius 3 is 2.56 bits per heavy atom. The summed E-state index contributed by atoms with van der Waals surface area (Å²) in [5, 5.41) is 10.1. The molecule has 2 rings (SSSR count). The van der Waals surface area contributed by atoms with Gasteiger partial charge >= 0.3 is 0 Å². The second kappa shape index (κ2) is 5.85. The molecule has 0 aliphatic carbocycles. The van der Waals surface area contributed by atoms with Crippen molar-refractivity contribution in [2.75, 3.05) is 13.6 Å². The van der Waals surface area contributed by atoms with Crippen LogP contribution in [0.3, 0.4) is 0 Å². The second-order valence-corrected chi connectivity index (χ2v) is 4.63. The van der Waals surface area contributed by atoms with Gasteiger partial charge < -0.3 is 9.52 Å². The predicted octanol–water partition coefficient (Wildman–Crippen LogP) is 2.75. The number of benzene rings is 1. The average molecular weight is 245 g/mol. The van der Waals surface area contributed by atoms with E-state index in [2.05, 4.69) is 4.90 Å². The van der Waals surface area contributed by atoms with Crippen molar-refractivity contribution in [3.05, 3.63) is 59.5 Å². The highest BCUT2D eigenvalue weighted by molar-refractivity contribution is 5.18. The summed E-state index contributed by atoms with van der Waals surface area (Å²) in [7, 11) is 2.00. The number of hydrogen-bond acceptors (Lipinski definition) is 3. The van der Waals surface area contributed by atoms with Crippen LogP contribution in [0.2, 0.25) is 0 Å². The first-order valence-corrected chi connectivity index (χ1v) is 6.11. The van der Waals surface area contributed by atoms with E-state index in [1.807, 2.05) is 50.4 Å². The zero-order chi connectivity index (χ0) is 13.0. The predicted molar refractivity (Wildman–Crippen MR) is 71.2 cm³/mol. The van der Waals surface area contributed by atoms with Gasteiger partial charge in [-0.25, -0.2) is 0 Å². The third-order valence-electron chi connectivity index (χ3n) is 3.08. The monoisotopic (exact) mass is 245 g/mol. The largest absolute Gasteiger partial charge is 0.469 e. The van der Waals surface area contributed by atoms with Crippen LogP contribution < -0.4 is 0 Å². The van der Waals surface area contributed by atoms with Crippen LogP contribution in [0.25, 0.3) is 0 Å². The molecule has 0 saturated carbocycles. The number of furan rings is 1. The van der Waals surface area contributed by atoms with Crippen LogP contribution in [0, 0.1) is 6.92 Å². The van der Waals surface area contributed by atoms with Gasteiger partial charge in [-0.15, -0.1) is 0 Å². The summed E-state index contributed by atoms with van der Waals surface area (Å²) in [6.07, 6.45) is 1.25. The standard InChI is InChI=1S/C15H19NO2/c1-12-14(8-9-18-12)10-16(2)11-15(17)13-6-4-3-5-7-13/h3-9,15,17H,10-11H2,1-2H3. The van der Waals surface area contributed by atoms with Gasteiger partial charge in [-0.05, 0) is 25.6 Å². The van der Waals surface area contributed by atoms with Gasteiger partial charge in [0.25, 0.3) is 0 Å². The van der Waals surface area contributed by atoms with E-state index in [1.165, 1.54) is 0 Å². The molecule has 3 heteroatoms. The highest BCUT2D eigenvalue weighted by atomic mass is 16.3. The number of rotatable bonds is 5. The lowest BCUT2D eigenvalue weighted by Gasteiger charge is -2.20. The molecule has 1 unspecified atom stereocenters. The molecule has 1 atom stereocenters. The van der Waals surface area contributed by atoms with Gasteiger partial charge in [0.2, 0.25) is 0 Å². The SMILES string of the molecule is Cc1occc1CN(C)CC(O)c1ccccc1. The number of aliphatic hydroxyl groups is 1. The van der Waals surface area contributed by atoms with E-state index in [0.29, 0.717) is 6.54 Å². The van der Waals surface area contributed by atoms with Crippen LogP contribution in [0.15, 0.2) is 47.1 Å². The Labute approximate surface area is 108 Å². The maximum atomic E-state index is 10.1. The lowest BCUT2D eigenvalue weighted by atomic mass is 10.1. The molecule has 1 aromatic carbocycles. The van der Waals surface area contributed by atoms with Crippen molar-refractivity contribution in [3.63, 3.8) is 0 Å². The number of aryl methyl sites for hydroxylation is 1. The maximum absolute atomic E-state index is 10.1. The minimum atomic E-state index is -0.455. The molecule has 2 aromatic rings. The molecule has 1 N–H and O–H groups in total. The lowest BCUT2D eigenvalue weighted by molar-refractivity contribution is 0.123. The van der Waals surface area contributed by atoms with E-state index in [-0.39, 0.29) is 0 Å². The zero-order valence-electron chi connectivity index (χ0n) is 10.8. The topological polar surface area (TPSA) is 36.6 Å². The number of hydrogen-bond donors (Lipinski definition) is 1. The fraction of sp³-hybridized carbons (Fsp3) is 0.333. The Bertz CT molecular complexity index is 478. The van der Waals surface area contributed by atoms with E-state index < -0.39 is 6.10 Å². The molecular weight excluding hydrogens is 226 g/mol. The fourth-order valence-corrected chi connectivity index (χ4v) is 2.01. The summed E-state index contributed by atoms with van der Waals surface area (Å²) in [6, 6.07) is 11.7. The van der Waals surface area contributed by atoms with E-state index in [0.717, 1.165) is 23.4 Å². The van der Waals surface area contributed by atoms with Crippen LogP contribution in [0.1, 0.15) is 23.0 Å². The molecule has 0 bridgehead atoms. The molecular formula is C15H19NO2. The van der Waals surface area contributed by atoms with Gasteiger partial charge in [0, 0.05) is 18.7 Å². The Morgan fingerprint density at radius 2 is 1.94 bits per heavy atom. The number of nitrogens with zero attached hydrogens (tertiary/aromatic N) is 1. The van der Waals surface area contributed by atoms with Crippen LogP contribution in [-0.2, 0) is 6.54 Å². The van der Waals surface area contributed by atoms with E-state index in [4.69, 9.17) is 4.42 Å². The van der Waals surface area contributed by atoms with Crippen molar-refractivity contribution in [2.45, 2.75) is 19.6 Å². The normalized spacial score (nSPS) is 12.9. The molecule has 0 amide bonds. The Kier molecular flexibility index (Phi) is 4.18. The lowest BCUT2D eigenvalue weighted by Crippen LogP contribution is -2.24. The van der Waals surface area contributed by atoms with E-state index in [9.17, 15) is 5.11 Å². The summed E-state index contributed by atoms with van der Waals surface area (Å²) in [5.74, 6) is 0.941. The molecule has 0 aliphatic rings. The van der Waals surface area contributed by atoms with Gasteiger partial charge in [0.05, 0.1) is 12.4 Å². The summed E-state index contributed by atoms with van der Waals surface area (Å²) in [5.41, 5.74) is 2.12. The van der Waals surface area contributed by atoms with Gasteiger partial charge in [-0.1, -0.05) is 30.3 Å². The van der Waals surface area contributed by atoms with Crippen molar-refractivity contribution < 1.29 is 9.52 Å². The first-order valence-electron chi connectivity index (χ1n) is 6.11. The Hall–Kier alpha value is -1.58. The maximum Gasteiger partial charge on any atom is 0.105 e. The number of likely N-dealkylation sites (N-methyl/N-ethyl adjacent to an activating group) is 1. The summed E-state index contributed by atoms with van der Waals surface area (Å²) in [4.78, 5) is 2.09. The smallest absolute Gasteiger partial charge is 0.105 e. The molecule has 0 spiro atoms. The molecule has 96 valence electrons. The highest BCUT2D eigenvalue weighted by Crippen LogP contribution is 2.16. The van der Waals surface area contributed by atoms with Crippen molar-refractivity contribution in [1.29, 1.82) is 0 Å². The first-order chi connectivity index (χ1) is 8.66. The minimum Gasteiger partial charge on any atom is -0.469 e. The molecule has 0 aliphatic heterocycles. The minimum absolute atomic E-state index is 0.455. The molecule has 18 heavy (non-hydrogen) atoms. The van der Waals surface area contributed by atoms with Crippen molar-refractivity contribution in [2.24, 2.45) is 0 Å². The third-order valence-corrected chi connectivity index (χ3v) is 3.08. The Balaban J connectivity index is 1.92. The molecule has 1 aromatic heterocycles. The Morgan fingerprint density at radius 1 is 1.22 bits per heavy atom. The van der Waals surface area contributed by atoms with Crippen molar-refractivity contribution in [1.82, 2.24) is 4.90 Å². The quantitative estimate of drug-likeness (QED) is 0.880. The molecule has 0 radical (unpaired) electrons. The van der Waals surface area contributed by atoms with E-state index in [1.54, 1.807) is 6.26 Å². The van der Waals surface area contributed by atoms with Gasteiger partial charge in [-0.2, -0.15) is 0 Å². The summed E-state index contributed by atoms with van der Waals surface area (Å²) >= 11 is 0. The first kappa shape index (κ1) is 12.9. The molecule has 0 saturated heterocycles. The molecule has 0 fully saturated rings. The van der Waals surface area contributed by atoms with Gasteiger partial charge in [0.15, 0.2) is 0 Å². The highest BCUT2D eigenvalue weighted by Gasteiger charge is 2.12. The van der Waals surface area contributed by atoms with E-state index >= 15 is 0 Å². The molecule has 3 nitrogen and oxygen atoms in total. The zero-order valence-corrected chi connectivity index (χ0v) is 10.8. The van der Waals surface area contributed by atoms with Crippen LogP contribution in [0.4, 0.5) is 0 Å². The van der Waals surface area contributed by atoms with Crippen LogP contribution in [-0.4, -0.2) is 23.6 Å². The van der Waals surface area contributed by atoms with Crippen molar-refractivity contribution in [3.8, 4) is 0 Å². The van der Waals surface area contributed by atoms with Gasteiger partial charge in [-0.3, -0.25) is 4.90 Å². The molecule has 1 heterocycles. The van der Waals surface area contributed by atoms with Crippen LogP contribution >= 0.6 is 0 Å². The second-order valence-electron chi connectivity index (χ2n) is 4.63. The fourth-order valence-electron chi connectivity index (χ4n) is 2.01. The van der Waals surface area contributed by atoms with Crippen molar-refractivity contribution >= 4 is 0 Å². The third kappa shape index (κ3) is 3.22.